The number of nitrogens with two attached hydrogens (primary N) is 1. The van der Waals surface area contributed by atoms with Gasteiger partial charge in [0.15, 0.2) is 0 Å². The monoisotopic (exact) mass is 341 g/mol. The summed E-state index contributed by atoms with van der Waals surface area (Å²) >= 11 is 6.11. The van der Waals surface area contributed by atoms with Crippen LogP contribution >= 0.6 is 11.6 Å². The molecular formula is C15H24ClN5O2. The van der Waals surface area contributed by atoms with Gasteiger partial charge in [-0.2, -0.15) is 5.10 Å². The number of aryl methyl sites for hydroxylation is 2. The number of hydrogen-bond donors (Lipinski definition) is 2. The minimum absolute atomic E-state index is 0.0117. The van der Waals surface area contributed by atoms with Gasteiger partial charge >= 0.3 is 6.03 Å². The van der Waals surface area contributed by atoms with Gasteiger partial charge in [-0.05, 0) is 33.1 Å². The van der Waals surface area contributed by atoms with Gasteiger partial charge in [0.2, 0.25) is 5.91 Å². The zero-order valence-corrected chi connectivity index (χ0v) is 14.4. The third kappa shape index (κ3) is 4.37. The van der Waals surface area contributed by atoms with Gasteiger partial charge in [0.05, 0.1) is 22.3 Å². The lowest BCUT2D eigenvalue weighted by Gasteiger charge is -2.30. The quantitative estimate of drug-likeness (QED) is 0.794. The van der Waals surface area contributed by atoms with E-state index in [0.717, 1.165) is 30.7 Å². The third-order valence-electron chi connectivity index (χ3n) is 4.24. The Kier molecular flexibility index (Phi) is 5.87. The van der Waals surface area contributed by atoms with Crippen LogP contribution in [0.25, 0.3) is 0 Å². The lowest BCUT2D eigenvalue weighted by molar-refractivity contribution is -0.126. The summed E-state index contributed by atoms with van der Waals surface area (Å²) in [7, 11) is 0. The summed E-state index contributed by atoms with van der Waals surface area (Å²) < 4.78 is 1.86. The van der Waals surface area contributed by atoms with Crippen LogP contribution in [0.15, 0.2) is 0 Å². The molecule has 3 amide bonds. The summed E-state index contributed by atoms with van der Waals surface area (Å²) in [6.07, 6.45) is 2.38. The van der Waals surface area contributed by atoms with E-state index in [1.807, 2.05) is 18.5 Å². The molecule has 128 valence electrons. The summed E-state index contributed by atoms with van der Waals surface area (Å²) in [5, 5.41) is 7.99. The maximum atomic E-state index is 12.2. The van der Waals surface area contributed by atoms with Crippen LogP contribution in [0.4, 0.5) is 4.79 Å². The fraction of sp³-hybridized carbons (Fsp3) is 0.667. The van der Waals surface area contributed by atoms with Crippen LogP contribution in [0.3, 0.4) is 0 Å². The van der Waals surface area contributed by atoms with E-state index in [1.54, 1.807) is 0 Å². The van der Waals surface area contributed by atoms with Crippen LogP contribution < -0.4 is 11.1 Å². The number of halogens is 1. The normalized spacial score (nSPS) is 18.0. The van der Waals surface area contributed by atoms with Crippen LogP contribution in [-0.2, 0) is 11.3 Å². The van der Waals surface area contributed by atoms with Gasteiger partial charge in [0, 0.05) is 26.2 Å². The molecule has 0 spiro atoms. The number of carbonyl (C=O) groups is 2. The van der Waals surface area contributed by atoms with Crippen LogP contribution in [0.1, 0.15) is 30.7 Å². The Balaban J connectivity index is 1.74. The molecule has 1 saturated heterocycles. The number of aromatic nitrogens is 2. The lowest BCUT2D eigenvalue weighted by Crippen LogP contribution is -2.47. The Morgan fingerprint density at radius 1 is 1.43 bits per heavy atom. The summed E-state index contributed by atoms with van der Waals surface area (Å²) in [6.45, 7) is 6.13. The third-order valence-corrected chi connectivity index (χ3v) is 4.79. The second-order valence-corrected chi connectivity index (χ2v) is 6.35. The van der Waals surface area contributed by atoms with E-state index in [2.05, 4.69) is 10.4 Å². The van der Waals surface area contributed by atoms with Crippen LogP contribution in [0.5, 0.6) is 0 Å². The number of likely N-dealkylation sites (tertiary alicyclic amines) is 1. The number of amides is 3. The minimum atomic E-state index is -0.455. The minimum Gasteiger partial charge on any atom is -0.356 e. The first-order chi connectivity index (χ1) is 10.9. The van der Waals surface area contributed by atoms with Crippen LogP contribution in [-0.4, -0.2) is 46.3 Å². The highest BCUT2D eigenvalue weighted by Gasteiger charge is 2.27. The first-order valence-electron chi connectivity index (χ1n) is 7.91. The van der Waals surface area contributed by atoms with Gasteiger partial charge in [-0.25, -0.2) is 4.79 Å². The van der Waals surface area contributed by atoms with Crippen molar-refractivity contribution >= 4 is 23.5 Å². The predicted octanol–water partition coefficient (Wildman–Crippen LogP) is 1.45. The van der Waals surface area contributed by atoms with Crippen molar-refractivity contribution in [2.75, 3.05) is 19.6 Å². The molecule has 0 aromatic carbocycles. The number of urea groups is 1. The second kappa shape index (κ2) is 7.68. The highest BCUT2D eigenvalue weighted by Crippen LogP contribution is 2.19. The summed E-state index contributed by atoms with van der Waals surface area (Å²) in [4.78, 5) is 24.9. The molecule has 0 bridgehead atoms. The van der Waals surface area contributed by atoms with Crippen LogP contribution in [0, 0.1) is 19.8 Å². The molecule has 8 heteroatoms. The van der Waals surface area contributed by atoms with Crippen molar-refractivity contribution in [3.05, 3.63) is 16.4 Å². The molecule has 0 saturated carbocycles. The van der Waals surface area contributed by atoms with E-state index >= 15 is 0 Å². The Hall–Kier alpha value is -1.76. The predicted molar refractivity (Wildman–Crippen MR) is 88.2 cm³/mol. The Morgan fingerprint density at radius 2 is 2.17 bits per heavy atom. The summed E-state index contributed by atoms with van der Waals surface area (Å²) in [5.41, 5.74) is 7.04. The van der Waals surface area contributed by atoms with Crippen molar-refractivity contribution in [2.45, 2.75) is 39.7 Å². The van der Waals surface area contributed by atoms with Crippen molar-refractivity contribution in [1.82, 2.24) is 20.0 Å². The van der Waals surface area contributed by atoms with Gasteiger partial charge in [0.1, 0.15) is 0 Å². The highest BCUT2D eigenvalue weighted by molar-refractivity contribution is 6.31. The fourth-order valence-corrected chi connectivity index (χ4v) is 3.00. The average Bonchev–Trinajstić information content (AvgIpc) is 2.78. The van der Waals surface area contributed by atoms with Gasteiger partial charge < -0.3 is 16.0 Å². The number of hydrogen-bond acceptors (Lipinski definition) is 3. The zero-order chi connectivity index (χ0) is 17.0. The second-order valence-electron chi connectivity index (χ2n) is 5.98. The van der Waals surface area contributed by atoms with Gasteiger partial charge in [-0.1, -0.05) is 11.6 Å². The molecule has 1 unspecified atom stereocenters. The van der Waals surface area contributed by atoms with Gasteiger partial charge in [-0.3, -0.25) is 9.48 Å². The molecular weight excluding hydrogens is 318 g/mol. The smallest absolute Gasteiger partial charge is 0.314 e. The van der Waals surface area contributed by atoms with Crippen molar-refractivity contribution in [3.8, 4) is 0 Å². The average molecular weight is 342 g/mol. The topological polar surface area (TPSA) is 93.2 Å². The first kappa shape index (κ1) is 17.6. The Bertz CT molecular complexity index is 587. The number of rotatable bonds is 5. The zero-order valence-electron chi connectivity index (χ0n) is 13.6. The van der Waals surface area contributed by atoms with E-state index in [0.29, 0.717) is 31.2 Å². The Morgan fingerprint density at radius 3 is 2.78 bits per heavy atom. The molecule has 3 N–H and O–H groups in total. The van der Waals surface area contributed by atoms with Crippen molar-refractivity contribution < 1.29 is 9.59 Å². The fourth-order valence-electron chi connectivity index (χ4n) is 2.87. The van der Waals surface area contributed by atoms with Gasteiger partial charge in [0.25, 0.3) is 0 Å². The SMILES string of the molecule is Cc1nn(CCCNC(=O)C2CCCN(C(N)=O)C2)c(C)c1Cl. The number of primary amides is 1. The van der Waals surface area contributed by atoms with Gasteiger partial charge in [-0.15, -0.1) is 0 Å². The molecule has 1 aliphatic rings. The maximum Gasteiger partial charge on any atom is 0.314 e. The summed E-state index contributed by atoms with van der Waals surface area (Å²) in [6, 6.07) is -0.455. The van der Waals surface area contributed by atoms with Crippen LogP contribution in [0.2, 0.25) is 5.02 Å². The molecule has 23 heavy (non-hydrogen) atoms. The van der Waals surface area contributed by atoms with E-state index in [9.17, 15) is 9.59 Å². The molecule has 7 nitrogen and oxygen atoms in total. The van der Waals surface area contributed by atoms with E-state index in [1.165, 1.54) is 4.90 Å². The van der Waals surface area contributed by atoms with Crippen molar-refractivity contribution in [3.63, 3.8) is 0 Å². The number of nitrogens with one attached hydrogen (secondary N) is 1. The van der Waals surface area contributed by atoms with E-state index in [-0.39, 0.29) is 11.8 Å². The van der Waals surface area contributed by atoms with E-state index in [4.69, 9.17) is 17.3 Å². The largest absolute Gasteiger partial charge is 0.356 e. The van der Waals surface area contributed by atoms with Crippen molar-refractivity contribution in [2.24, 2.45) is 11.7 Å². The van der Waals surface area contributed by atoms with E-state index < -0.39 is 6.03 Å². The van der Waals surface area contributed by atoms with Crippen molar-refractivity contribution in [1.29, 1.82) is 0 Å². The molecule has 2 heterocycles. The molecule has 1 aromatic heterocycles. The lowest BCUT2D eigenvalue weighted by atomic mass is 9.97. The molecule has 0 aliphatic carbocycles. The molecule has 1 atom stereocenters. The molecule has 1 fully saturated rings. The summed E-state index contributed by atoms with van der Waals surface area (Å²) in [5.74, 6) is -0.179. The number of carbonyl (C=O) groups excluding carboxylic acids is 2. The molecule has 0 radical (unpaired) electrons. The number of nitrogens with zero attached hydrogens (tertiary/aromatic N) is 3. The highest BCUT2D eigenvalue weighted by atomic mass is 35.5. The first-order valence-corrected chi connectivity index (χ1v) is 8.29. The molecule has 1 aliphatic heterocycles. The number of piperidine rings is 1. The molecule has 2 rings (SSSR count). The molecule has 1 aromatic rings. The standard InChI is InChI=1S/C15H24ClN5O2/c1-10-13(16)11(2)21(19-10)8-4-6-18-14(22)12-5-3-7-20(9-12)15(17)23/h12H,3-9H2,1-2H3,(H2,17,23)(H,18,22). The Labute approximate surface area is 141 Å². The maximum absolute atomic E-state index is 12.2.